The lowest BCUT2D eigenvalue weighted by Crippen LogP contribution is -2.48. The van der Waals surface area contributed by atoms with Crippen LogP contribution in [0.5, 0.6) is 0 Å². The largest absolute Gasteiger partial charge is 0.378 e. The number of thioether (sulfide) groups is 1. The van der Waals surface area contributed by atoms with Gasteiger partial charge in [-0.05, 0) is 24.6 Å². The minimum absolute atomic E-state index is 0.153. The Hall–Kier alpha value is -2.88. The number of anilines is 1. The highest BCUT2D eigenvalue weighted by molar-refractivity contribution is 7.99. The van der Waals surface area contributed by atoms with E-state index in [2.05, 4.69) is 80.0 Å². The fraction of sp³-hybridized carbons (Fsp3) is 0.423. The van der Waals surface area contributed by atoms with Crippen molar-refractivity contribution >= 4 is 23.6 Å². The summed E-state index contributed by atoms with van der Waals surface area (Å²) in [6.45, 7) is 9.23. The number of rotatable bonds is 7. The topological polar surface area (TPSA) is 66.7 Å². The molecule has 0 bridgehead atoms. The van der Waals surface area contributed by atoms with Crippen LogP contribution in [0.4, 0.5) is 5.95 Å². The maximum absolute atomic E-state index is 13.0. The molecule has 35 heavy (non-hydrogen) atoms. The van der Waals surface area contributed by atoms with Crippen molar-refractivity contribution in [2.75, 3.05) is 63.1 Å². The smallest absolute Gasteiger partial charge is 0.233 e. The Morgan fingerprint density at radius 3 is 2.34 bits per heavy atom. The maximum atomic E-state index is 13.0. The standard InChI is InChI=1S/C26H32N6O2S/c1-21-7-9-23(10-8-21)32-25(31-15-17-34-18-16-31)27-28-26(32)35-20-24(33)30-13-11-29(12-14-30)19-22-5-3-2-4-6-22/h2-10H,11-20H2,1H3. The Kier molecular flexibility index (Phi) is 7.66. The molecule has 2 aliphatic heterocycles. The third-order valence-corrected chi connectivity index (χ3v) is 7.41. The fourth-order valence-electron chi connectivity index (χ4n) is 4.46. The minimum Gasteiger partial charge on any atom is -0.378 e. The van der Waals surface area contributed by atoms with Crippen LogP contribution in [0.1, 0.15) is 11.1 Å². The molecule has 2 fully saturated rings. The molecule has 2 aliphatic rings. The Morgan fingerprint density at radius 1 is 0.914 bits per heavy atom. The molecule has 0 radical (unpaired) electrons. The Balaban J connectivity index is 1.22. The van der Waals surface area contributed by atoms with Crippen LogP contribution in [0.25, 0.3) is 5.69 Å². The Bertz CT molecular complexity index is 1110. The molecule has 0 aliphatic carbocycles. The first-order chi connectivity index (χ1) is 17.2. The summed E-state index contributed by atoms with van der Waals surface area (Å²) in [4.78, 5) is 19.6. The SMILES string of the molecule is Cc1ccc(-n2c(SCC(=O)N3CCN(Cc4ccccc4)CC3)nnc2N2CCOCC2)cc1. The average molecular weight is 493 g/mol. The third-order valence-electron chi connectivity index (χ3n) is 6.50. The number of hydrogen-bond acceptors (Lipinski definition) is 7. The van der Waals surface area contributed by atoms with Crippen molar-refractivity contribution in [1.29, 1.82) is 0 Å². The second kappa shape index (κ2) is 11.2. The number of benzene rings is 2. The van der Waals surface area contributed by atoms with Crippen LogP contribution >= 0.6 is 11.8 Å². The molecule has 0 spiro atoms. The van der Waals surface area contributed by atoms with E-state index in [4.69, 9.17) is 4.74 Å². The number of amides is 1. The van der Waals surface area contributed by atoms with Crippen molar-refractivity contribution in [3.8, 4) is 5.69 Å². The lowest BCUT2D eigenvalue weighted by molar-refractivity contribution is -0.130. The monoisotopic (exact) mass is 492 g/mol. The second-order valence-corrected chi connectivity index (χ2v) is 9.93. The lowest BCUT2D eigenvalue weighted by atomic mass is 10.2. The molecule has 1 aromatic heterocycles. The molecular formula is C26H32N6O2S. The summed E-state index contributed by atoms with van der Waals surface area (Å²) in [6, 6.07) is 18.9. The van der Waals surface area contributed by atoms with Crippen molar-refractivity contribution in [3.05, 3.63) is 65.7 Å². The molecule has 2 aromatic carbocycles. The van der Waals surface area contributed by atoms with Gasteiger partial charge in [-0.1, -0.05) is 59.8 Å². The molecular weight excluding hydrogens is 460 g/mol. The van der Waals surface area contributed by atoms with Crippen molar-refractivity contribution in [2.45, 2.75) is 18.6 Å². The Labute approximate surface area is 210 Å². The summed E-state index contributed by atoms with van der Waals surface area (Å²) < 4.78 is 7.59. The molecule has 5 rings (SSSR count). The van der Waals surface area contributed by atoms with Crippen LogP contribution in [0, 0.1) is 6.92 Å². The Morgan fingerprint density at radius 2 is 1.63 bits per heavy atom. The molecule has 9 heteroatoms. The first-order valence-electron chi connectivity index (χ1n) is 12.2. The van der Waals surface area contributed by atoms with Crippen LogP contribution in [0.15, 0.2) is 59.8 Å². The predicted octanol–water partition coefficient (Wildman–Crippen LogP) is 2.85. The van der Waals surface area contributed by atoms with Crippen LogP contribution in [-0.2, 0) is 16.1 Å². The van der Waals surface area contributed by atoms with Crippen molar-refractivity contribution in [1.82, 2.24) is 24.6 Å². The van der Waals surface area contributed by atoms with Gasteiger partial charge >= 0.3 is 0 Å². The average Bonchev–Trinajstić information content (AvgIpc) is 3.33. The van der Waals surface area contributed by atoms with E-state index in [0.717, 1.165) is 62.6 Å². The lowest BCUT2D eigenvalue weighted by Gasteiger charge is -2.34. The molecule has 3 heterocycles. The predicted molar refractivity (Wildman–Crippen MR) is 138 cm³/mol. The highest BCUT2D eigenvalue weighted by Gasteiger charge is 2.25. The quantitative estimate of drug-likeness (QED) is 0.470. The van der Waals surface area contributed by atoms with Crippen LogP contribution < -0.4 is 4.90 Å². The molecule has 184 valence electrons. The van der Waals surface area contributed by atoms with Gasteiger partial charge in [-0.15, -0.1) is 10.2 Å². The van der Waals surface area contributed by atoms with Gasteiger partial charge in [0.05, 0.1) is 24.7 Å². The summed E-state index contributed by atoms with van der Waals surface area (Å²) in [5, 5.41) is 9.73. The van der Waals surface area contributed by atoms with Gasteiger partial charge in [-0.3, -0.25) is 14.3 Å². The summed E-state index contributed by atoms with van der Waals surface area (Å²) >= 11 is 1.46. The summed E-state index contributed by atoms with van der Waals surface area (Å²) in [5.41, 5.74) is 3.52. The molecule has 1 amide bonds. The molecule has 0 unspecified atom stereocenters. The van der Waals surface area contributed by atoms with Crippen molar-refractivity contribution in [2.24, 2.45) is 0 Å². The number of aromatic nitrogens is 3. The molecule has 2 saturated heterocycles. The first kappa shape index (κ1) is 23.8. The van der Waals surface area contributed by atoms with Gasteiger partial charge in [-0.2, -0.15) is 0 Å². The number of carbonyl (C=O) groups excluding carboxylic acids is 1. The van der Waals surface area contributed by atoms with E-state index in [-0.39, 0.29) is 5.91 Å². The molecule has 0 N–H and O–H groups in total. The number of aryl methyl sites for hydroxylation is 1. The van der Waals surface area contributed by atoms with Gasteiger partial charge in [0.2, 0.25) is 11.9 Å². The molecule has 3 aromatic rings. The zero-order valence-electron chi connectivity index (χ0n) is 20.2. The number of hydrogen-bond donors (Lipinski definition) is 0. The number of nitrogens with zero attached hydrogens (tertiary/aromatic N) is 6. The third kappa shape index (κ3) is 5.86. The highest BCUT2D eigenvalue weighted by atomic mass is 32.2. The van der Waals surface area contributed by atoms with Crippen LogP contribution in [0.3, 0.4) is 0 Å². The fourth-order valence-corrected chi connectivity index (χ4v) is 5.31. The van der Waals surface area contributed by atoms with Gasteiger partial charge in [0, 0.05) is 45.8 Å². The number of piperazine rings is 1. The summed E-state index contributed by atoms with van der Waals surface area (Å²) in [7, 11) is 0. The van der Waals surface area contributed by atoms with Gasteiger partial charge < -0.3 is 14.5 Å². The van der Waals surface area contributed by atoms with Crippen molar-refractivity contribution in [3.63, 3.8) is 0 Å². The maximum Gasteiger partial charge on any atom is 0.233 e. The van der Waals surface area contributed by atoms with E-state index >= 15 is 0 Å². The number of carbonyl (C=O) groups is 1. The summed E-state index contributed by atoms with van der Waals surface area (Å²) in [6.07, 6.45) is 0. The van der Waals surface area contributed by atoms with E-state index in [0.29, 0.717) is 19.0 Å². The van der Waals surface area contributed by atoms with E-state index in [1.54, 1.807) is 0 Å². The van der Waals surface area contributed by atoms with E-state index in [9.17, 15) is 4.79 Å². The zero-order valence-corrected chi connectivity index (χ0v) is 21.0. The van der Waals surface area contributed by atoms with Crippen LogP contribution in [-0.4, -0.2) is 88.7 Å². The van der Waals surface area contributed by atoms with E-state index < -0.39 is 0 Å². The van der Waals surface area contributed by atoms with Gasteiger partial charge in [0.15, 0.2) is 5.16 Å². The van der Waals surface area contributed by atoms with Crippen molar-refractivity contribution < 1.29 is 9.53 Å². The highest BCUT2D eigenvalue weighted by Crippen LogP contribution is 2.27. The van der Waals surface area contributed by atoms with Gasteiger partial charge in [-0.25, -0.2) is 0 Å². The normalized spacial score (nSPS) is 17.1. The first-order valence-corrected chi connectivity index (χ1v) is 13.2. The molecule has 0 atom stereocenters. The second-order valence-electron chi connectivity index (χ2n) is 8.98. The van der Waals surface area contributed by atoms with E-state index in [1.165, 1.54) is 22.9 Å². The molecule has 8 nitrogen and oxygen atoms in total. The van der Waals surface area contributed by atoms with Crippen LogP contribution in [0.2, 0.25) is 0 Å². The van der Waals surface area contributed by atoms with Gasteiger partial charge in [0.25, 0.3) is 0 Å². The number of ether oxygens (including phenoxy) is 1. The zero-order chi connectivity index (χ0) is 24.0. The van der Waals surface area contributed by atoms with E-state index in [1.807, 2.05) is 11.0 Å². The van der Waals surface area contributed by atoms with Gasteiger partial charge in [0.1, 0.15) is 0 Å². The summed E-state index contributed by atoms with van der Waals surface area (Å²) in [5.74, 6) is 1.31. The molecule has 0 saturated carbocycles. The minimum atomic E-state index is 0.153. The number of morpholine rings is 1.